The van der Waals surface area contributed by atoms with Crippen molar-refractivity contribution >= 4 is 11.3 Å². The van der Waals surface area contributed by atoms with Crippen molar-refractivity contribution in [1.29, 1.82) is 0 Å². The Morgan fingerprint density at radius 2 is 2.06 bits per heavy atom. The highest BCUT2D eigenvalue weighted by atomic mass is 32.1. The summed E-state index contributed by atoms with van der Waals surface area (Å²) < 4.78 is 0. The van der Waals surface area contributed by atoms with Gasteiger partial charge in [-0.25, -0.2) is 0 Å². The summed E-state index contributed by atoms with van der Waals surface area (Å²) in [6.45, 7) is 10.9. The van der Waals surface area contributed by atoms with Gasteiger partial charge in [0.2, 0.25) is 0 Å². The first kappa shape index (κ1) is 13.5. The molecule has 0 atom stereocenters. The van der Waals surface area contributed by atoms with E-state index < -0.39 is 0 Å². The van der Waals surface area contributed by atoms with Gasteiger partial charge in [-0.15, -0.1) is 11.3 Å². The molecule has 1 nitrogen and oxygen atoms in total. The fourth-order valence-electron chi connectivity index (χ4n) is 1.44. The number of rotatable bonds is 5. The van der Waals surface area contributed by atoms with Crippen molar-refractivity contribution in [2.24, 2.45) is 0 Å². The SMILES string of the molecule is C/C=C/CCNCc1ccc(C(C)(C)C)s1. The molecule has 0 bridgehead atoms. The van der Waals surface area contributed by atoms with Crippen LogP contribution >= 0.6 is 11.3 Å². The van der Waals surface area contributed by atoms with E-state index in [2.05, 4.69) is 57.3 Å². The molecule has 16 heavy (non-hydrogen) atoms. The zero-order valence-corrected chi connectivity index (χ0v) is 11.7. The smallest absolute Gasteiger partial charge is 0.0299 e. The van der Waals surface area contributed by atoms with E-state index in [0.717, 1.165) is 19.5 Å². The highest BCUT2D eigenvalue weighted by Gasteiger charge is 2.15. The van der Waals surface area contributed by atoms with E-state index in [1.807, 2.05) is 11.3 Å². The highest BCUT2D eigenvalue weighted by Crippen LogP contribution is 2.29. The maximum absolute atomic E-state index is 3.46. The topological polar surface area (TPSA) is 12.0 Å². The minimum Gasteiger partial charge on any atom is -0.312 e. The molecule has 0 amide bonds. The minimum absolute atomic E-state index is 0.286. The largest absolute Gasteiger partial charge is 0.312 e. The zero-order chi connectivity index (χ0) is 12.0. The molecule has 0 aromatic carbocycles. The summed E-state index contributed by atoms with van der Waals surface area (Å²) in [4.78, 5) is 2.91. The molecular formula is C14H23NS. The third kappa shape index (κ3) is 4.50. The van der Waals surface area contributed by atoms with Gasteiger partial charge in [0.05, 0.1) is 0 Å². The maximum Gasteiger partial charge on any atom is 0.0299 e. The van der Waals surface area contributed by atoms with E-state index in [1.54, 1.807) is 0 Å². The molecule has 0 spiro atoms. The van der Waals surface area contributed by atoms with Gasteiger partial charge in [-0.3, -0.25) is 0 Å². The van der Waals surface area contributed by atoms with E-state index in [1.165, 1.54) is 9.75 Å². The first-order valence-electron chi connectivity index (χ1n) is 5.95. The van der Waals surface area contributed by atoms with Crippen LogP contribution in [0.25, 0.3) is 0 Å². The Bertz CT molecular complexity index is 331. The van der Waals surface area contributed by atoms with Gasteiger partial charge >= 0.3 is 0 Å². The molecule has 2 heteroatoms. The Balaban J connectivity index is 2.35. The first-order chi connectivity index (χ1) is 7.54. The lowest BCUT2D eigenvalue weighted by Gasteiger charge is -2.15. The molecule has 0 aliphatic rings. The Labute approximate surface area is 104 Å². The predicted octanol–water partition coefficient (Wildman–Crippen LogP) is 4.10. The summed E-state index contributed by atoms with van der Waals surface area (Å²) >= 11 is 1.92. The molecule has 1 aromatic heterocycles. The average Bonchev–Trinajstić information content (AvgIpc) is 2.65. The number of hydrogen-bond acceptors (Lipinski definition) is 2. The monoisotopic (exact) mass is 237 g/mol. The molecule has 0 saturated heterocycles. The summed E-state index contributed by atoms with van der Waals surface area (Å²) in [6.07, 6.45) is 5.42. The minimum atomic E-state index is 0.286. The lowest BCUT2D eigenvalue weighted by molar-refractivity contribution is 0.604. The van der Waals surface area contributed by atoms with Crippen molar-refractivity contribution in [3.63, 3.8) is 0 Å². The molecule has 1 N–H and O–H groups in total. The molecule has 90 valence electrons. The van der Waals surface area contributed by atoms with Crippen molar-refractivity contribution in [1.82, 2.24) is 5.32 Å². The van der Waals surface area contributed by atoms with Gasteiger partial charge in [-0.1, -0.05) is 32.9 Å². The lowest BCUT2D eigenvalue weighted by atomic mass is 9.95. The molecule has 0 unspecified atom stereocenters. The van der Waals surface area contributed by atoms with Crippen LogP contribution in [0.5, 0.6) is 0 Å². The first-order valence-corrected chi connectivity index (χ1v) is 6.77. The summed E-state index contributed by atoms with van der Waals surface area (Å²) in [5.74, 6) is 0. The zero-order valence-electron chi connectivity index (χ0n) is 10.8. The van der Waals surface area contributed by atoms with Crippen LogP contribution in [0.15, 0.2) is 24.3 Å². The number of hydrogen-bond donors (Lipinski definition) is 1. The van der Waals surface area contributed by atoms with Gasteiger partial charge < -0.3 is 5.32 Å². The van der Waals surface area contributed by atoms with Crippen LogP contribution in [-0.4, -0.2) is 6.54 Å². The van der Waals surface area contributed by atoms with E-state index in [4.69, 9.17) is 0 Å². The van der Waals surface area contributed by atoms with Crippen LogP contribution in [0.1, 0.15) is 43.9 Å². The second-order valence-corrected chi connectivity index (χ2v) is 6.22. The Morgan fingerprint density at radius 3 is 2.62 bits per heavy atom. The van der Waals surface area contributed by atoms with E-state index in [0.29, 0.717) is 0 Å². The van der Waals surface area contributed by atoms with Gasteiger partial charge in [0.15, 0.2) is 0 Å². The van der Waals surface area contributed by atoms with Crippen LogP contribution in [0, 0.1) is 0 Å². The van der Waals surface area contributed by atoms with Gasteiger partial charge in [0.1, 0.15) is 0 Å². The van der Waals surface area contributed by atoms with Gasteiger partial charge in [0.25, 0.3) is 0 Å². The molecule has 0 radical (unpaired) electrons. The summed E-state index contributed by atoms with van der Waals surface area (Å²) in [5, 5.41) is 3.46. The molecule has 1 aromatic rings. The molecule has 1 rings (SSSR count). The second-order valence-electron chi connectivity index (χ2n) is 5.05. The van der Waals surface area contributed by atoms with Gasteiger partial charge in [0, 0.05) is 16.3 Å². The predicted molar refractivity (Wildman–Crippen MR) is 74.2 cm³/mol. The summed E-state index contributed by atoms with van der Waals surface area (Å²) in [6, 6.07) is 4.50. The fraction of sp³-hybridized carbons (Fsp3) is 0.571. The number of nitrogens with one attached hydrogen (secondary N) is 1. The van der Waals surface area contributed by atoms with Crippen LogP contribution in [-0.2, 0) is 12.0 Å². The molecular weight excluding hydrogens is 214 g/mol. The normalized spacial score (nSPS) is 12.5. The third-order valence-electron chi connectivity index (χ3n) is 2.42. The van der Waals surface area contributed by atoms with E-state index >= 15 is 0 Å². The molecule has 0 aliphatic carbocycles. The van der Waals surface area contributed by atoms with Crippen molar-refractivity contribution in [2.45, 2.75) is 46.1 Å². The van der Waals surface area contributed by atoms with Crippen molar-refractivity contribution < 1.29 is 0 Å². The van der Waals surface area contributed by atoms with Gasteiger partial charge in [-0.05, 0) is 37.4 Å². The number of allylic oxidation sites excluding steroid dienone is 1. The second kappa shape index (κ2) is 6.21. The van der Waals surface area contributed by atoms with Crippen LogP contribution in [0.3, 0.4) is 0 Å². The van der Waals surface area contributed by atoms with Crippen LogP contribution in [0.4, 0.5) is 0 Å². The molecule has 0 saturated carbocycles. The third-order valence-corrected chi connectivity index (χ3v) is 3.93. The maximum atomic E-state index is 3.46. The van der Waals surface area contributed by atoms with E-state index in [9.17, 15) is 0 Å². The quantitative estimate of drug-likeness (QED) is 0.600. The number of thiophene rings is 1. The Hall–Kier alpha value is -0.600. The Kier molecular flexibility index (Phi) is 5.23. The molecule has 1 heterocycles. The lowest BCUT2D eigenvalue weighted by Crippen LogP contribution is -2.13. The summed E-state index contributed by atoms with van der Waals surface area (Å²) in [5.41, 5.74) is 0.286. The molecule has 0 aliphatic heterocycles. The van der Waals surface area contributed by atoms with Crippen molar-refractivity contribution in [2.75, 3.05) is 6.54 Å². The van der Waals surface area contributed by atoms with Crippen LogP contribution < -0.4 is 5.32 Å². The average molecular weight is 237 g/mol. The van der Waals surface area contributed by atoms with Gasteiger partial charge in [-0.2, -0.15) is 0 Å². The van der Waals surface area contributed by atoms with E-state index in [-0.39, 0.29) is 5.41 Å². The fourth-order valence-corrected chi connectivity index (χ4v) is 2.47. The summed E-state index contributed by atoms with van der Waals surface area (Å²) in [7, 11) is 0. The van der Waals surface area contributed by atoms with Crippen LogP contribution in [0.2, 0.25) is 0 Å². The Morgan fingerprint density at radius 1 is 1.31 bits per heavy atom. The highest BCUT2D eigenvalue weighted by molar-refractivity contribution is 7.12. The van der Waals surface area contributed by atoms with Crippen molar-refractivity contribution in [3.05, 3.63) is 34.0 Å². The van der Waals surface area contributed by atoms with Crippen molar-refractivity contribution in [3.8, 4) is 0 Å². The molecule has 0 fully saturated rings. The standard InChI is InChI=1S/C14H23NS/c1-5-6-7-10-15-11-12-8-9-13(16-12)14(2,3)4/h5-6,8-9,15H,7,10-11H2,1-4H3/b6-5+.